The number of benzene rings is 2. The summed E-state index contributed by atoms with van der Waals surface area (Å²) in [6.45, 7) is 3.96. The molecule has 0 atom stereocenters. The average Bonchev–Trinajstić information content (AvgIpc) is 3.37. The van der Waals surface area contributed by atoms with Crippen molar-refractivity contribution in [3.63, 3.8) is 0 Å². The Bertz CT molecular complexity index is 940. The van der Waals surface area contributed by atoms with Crippen LogP contribution in [0.15, 0.2) is 53.1 Å². The predicted octanol–water partition coefficient (Wildman–Crippen LogP) is 3.90. The Morgan fingerprint density at radius 2 is 1.86 bits per heavy atom. The molecule has 2 heterocycles. The van der Waals surface area contributed by atoms with Crippen LogP contribution in [0.3, 0.4) is 0 Å². The number of ether oxygens (including phenoxy) is 1. The summed E-state index contributed by atoms with van der Waals surface area (Å²) >= 11 is 0. The molecule has 2 aromatic carbocycles. The number of hydrogen-bond acceptors (Lipinski definition) is 4. The average molecular weight is 378 g/mol. The molecule has 1 saturated heterocycles. The molecule has 1 amide bonds. The van der Waals surface area contributed by atoms with Gasteiger partial charge in [-0.1, -0.05) is 24.3 Å². The first kappa shape index (κ1) is 18.6. The topological polar surface area (TPSA) is 54.7 Å². The van der Waals surface area contributed by atoms with Gasteiger partial charge in [0.2, 0.25) is 5.91 Å². The van der Waals surface area contributed by atoms with E-state index >= 15 is 0 Å². The Hall–Kier alpha value is -2.79. The van der Waals surface area contributed by atoms with E-state index in [2.05, 4.69) is 34.5 Å². The van der Waals surface area contributed by atoms with E-state index in [1.54, 1.807) is 13.4 Å². The van der Waals surface area contributed by atoms with Gasteiger partial charge in [-0.05, 0) is 49.2 Å². The number of rotatable bonds is 7. The normalized spacial score (nSPS) is 14.5. The second-order valence-corrected chi connectivity index (χ2v) is 7.38. The van der Waals surface area contributed by atoms with Crippen LogP contribution in [0.2, 0.25) is 0 Å². The number of fused-ring (bicyclic) bond motifs is 1. The van der Waals surface area contributed by atoms with Crippen molar-refractivity contribution in [1.82, 2.24) is 10.2 Å². The first-order valence-corrected chi connectivity index (χ1v) is 9.82. The van der Waals surface area contributed by atoms with E-state index < -0.39 is 0 Å². The number of amides is 1. The summed E-state index contributed by atoms with van der Waals surface area (Å²) in [6.07, 6.45) is 4.57. The van der Waals surface area contributed by atoms with Gasteiger partial charge < -0.3 is 14.5 Å². The minimum Gasteiger partial charge on any atom is -0.497 e. The highest BCUT2D eigenvalue weighted by molar-refractivity contribution is 5.88. The van der Waals surface area contributed by atoms with Gasteiger partial charge in [-0.3, -0.25) is 9.69 Å². The summed E-state index contributed by atoms with van der Waals surface area (Å²) in [6, 6.07) is 14.2. The molecular weight excluding hydrogens is 352 g/mol. The van der Waals surface area contributed by atoms with Gasteiger partial charge in [0.05, 0.1) is 19.8 Å². The van der Waals surface area contributed by atoms with Gasteiger partial charge in [-0.15, -0.1) is 0 Å². The van der Waals surface area contributed by atoms with Crippen LogP contribution in [0.4, 0.5) is 0 Å². The maximum absolute atomic E-state index is 12.4. The van der Waals surface area contributed by atoms with E-state index in [1.165, 1.54) is 31.5 Å². The molecule has 28 heavy (non-hydrogen) atoms. The van der Waals surface area contributed by atoms with Crippen molar-refractivity contribution in [3.05, 3.63) is 65.4 Å². The lowest BCUT2D eigenvalue weighted by Crippen LogP contribution is -2.24. The zero-order valence-corrected chi connectivity index (χ0v) is 16.2. The molecular formula is C23H26N2O3. The van der Waals surface area contributed by atoms with E-state index in [0.29, 0.717) is 13.0 Å². The van der Waals surface area contributed by atoms with E-state index in [1.807, 2.05) is 18.2 Å². The summed E-state index contributed by atoms with van der Waals surface area (Å²) in [5.41, 5.74) is 4.06. The molecule has 0 unspecified atom stereocenters. The second-order valence-electron chi connectivity index (χ2n) is 7.38. The molecule has 3 aromatic rings. The standard InChI is InChI=1S/C23H26N2O3/c1-27-20-8-9-21-19(16-28-22(21)13-20)12-23(26)24-14-17-4-6-18(7-5-17)15-25-10-2-3-11-25/h4-9,13,16H,2-3,10-12,14-15H2,1H3,(H,24,26). The molecule has 1 aliphatic heterocycles. The summed E-state index contributed by atoms with van der Waals surface area (Å²) in [5.74, 6) is 0.727. The first-order chi connectivity index (χ1) is 13.7. The fourth-order valence-electron chi connectivity index (χ4n) is 3.72. The molecule has 0 bridgehead atoms. The van der Waals surface area contributed by atoms with Crippen LogP contribution < -0.4 is 10.1 Å². The third kappa shape index (κ3) is 4.37. The Morgan fingerprint density at radius 1 is 1.11 bits per heavy atom. The van der Waals surface area contributed by atoms with Gasteiger partial charge in [-0.25, -0.2) is 0 Å². The van der Waals surface area contributed by atoms with Gasteiger partial charge >= 0.3 is 0 Å². The van der Waals surface area contributed by atoms with Crippen LogP contribution in [-0.2, 0) is 24.3 Å². The number of carbonyl (C=O) groups excluding carboxylic acids is 1. The van der Waals surface area contributed by atoms with E-state index in [0.717, 1.165) is 34.4 Å². The van der Waals surface area contributed by atoms with Crippen molar-refractivity contribution in [2.75, 3.05) is 20.2 Å². The van der Waals surface area contributed by atoms with Gasteiger partial charge in [0.25, 0.3) is 0 Å². The van der Waals surface area contributed by atoms with Crippen molar-refractivity contribution in [2.24, 2.45) is 0 Å². The number of likely N-dealkylation sites (tertiary alicyclic amines) is 1. The zero-order chi connectivity index (χ0) is 19.3. The highest BCUT2D eigenvalue weighted by Gasteiger charge is 2.13. The zero-order valence-electron chi connectivity index (χ0n) is 16.2. The molecule has 0 saturated carbocycles. The Labute approximate surface area is 165 Å². The lowest BCUT2D eigenvalue weighted by Gasteiger charge is -2.14. The molecule has 1 fully saturated rings. The number of nitrogens with zero attached hydrogens (tertiary/aromatic N) is 1. The van der Waals surface area contributed by atoms with Crippen molar-refractivity contribution in [1.29, 1.82) is 0 Å². The molecule has 5 heteroatoms. The molecule has 1 N–H and O–H groups in total. The van der Waals surface area contributed by atoms with Crippen molar-refractivity contribution < 1.29 is 13.9 Å². The summed E-state index contributed by atoms with van der Waals surface area (Å²) < 4.78 is 10.8. The van der Waals surface area contributed by atoms with Crippen LogP contribution in [-0.4, -0.2) is 31.0 Å². The van der Waals surface area contributed by atoms with Crippen molar-refractivity contribution >= 4 is 16.9 Å². The molecule has 1 aromatic heterocycles. The van der Waals surface area contributed by atoms with E-state index in [-0.39, 0.29) is 5.91 Å². The van der Waals surface area contributed by atoms with Gasteiger partial charge in [-0.2, -0.15) is 0 Å². The quantitative estimate of drug-likeness (QED) is 0.678. The Balaban J connectivity index is 1.30. The van der Waals surface area contributed by atoms with Crippen LogP contribution in [0.5, 0.6) is 5.75 Å². The van der Waals surface area contributed by atoms with Gasteiger partial charge in [0.15, 0.2) is 0 Å². The number of carbonyl (C=O) groups is 1. The van der Waals surface area contributed by atoms with Crippen LogP contribution in [0.25, 0.3) is 11.0 Å². The first-order valence-electron chi connectivity index (χ1n) is 9.82. The Morgan fingerprint density at radius 3 is 2.61 bits per heavy atom. The fraction of sp³-hybridized carbons (Fsp3) is 0.348. The minimum absolute atomic E-state index is 0.0142. The largest absolute Gasteiger partial charge is 0.497 e. The fourth-order valence-corrected chi connectivity index (χ4v) is 3.72. The van der Waals surface area contributed by atoms with Crippen LogP contribution in [0, 0.1) is 0 Å². The molecule has 4 rings (SSSR count). The highest BCUT2D eigenvalue weighted by Crippen LogP contribution is 2.25. The molecule has 146 valence electrons. The van der Waals surface area contributed by atoms with E-state index in [9.17, 15) is 4.79 Å². The maximum atomic E-state index is 12.4. The third-order valence-electron chi connectivity index (χ3n) is 5.33. The lowest BCUT2D eigenvalue weighted by molar-refractivity contribution is -0.120. The van der Waals surface area contributed by atoms with Crippen molar-refractivity contribution in [3.8, 4) is 5.75 Å². The van der Waals surface area contributed by atoms with Crippen LogP contribution in [0.1, 0.15) is 29.5 Å². The maximum Gasteiger partial charge on any atom is 0.224 e. The molecule has 1 aliphatic rings. The van der Waals surface area contributed by atoms with Crippen molar-refractivity contribution in [2.45, 2.75) is 32.4 Å². The Kier molecular flexibility index (Phi) is 5.63. The summed E-state index contributed by atoms with van der Waals surface area (Å²) in [5, 5.41) is 3.95. The number of hydrogen-bond donors (Lipinski definition) is 1. The molecule has 0 spiro atoms. The minimum atomic E-state index is -0.0142. The SMILES string of the molecule is COc1ccc2c(CC(=O)NCc3ccc(CN4CCCC4)cc3)coc2c1. The monoisotopic (exact) mass is 378 g/mol. The molecule has 0 aliphatic carbocycles. The number of nitrogens with one attached hydrogen (secondary N) is 1. The molecule has 0 radical (unpaired) electrons. The third-order valence-corrected chi connectivity index (χ3v) is 5.33. The summed E-state index contributed by atoms with van der Waals surface area (Å²) in [4.78, 5) is 14.9. The van der Waals surface area contributed by atoms with E-state index in [4.69, 9.17) is 9.15 Å². The van der Waals surface area contributed by atoms with Gasteiger partial charge in [0, 0.05) is 30.1 Å². The second kappa shape index (κ2) is 8.48. The summed E-state index contributed by atoms with van der Waals surface area (Å²) in [7, 11) is 1.62. The number of methoxy groups -OCH3 is 1. The van der Waals surface area contributed by atoms with Gasteiger partial charge in [0.1, 0.15) is 11.3 Å². The smallest absolute Gasteiger partial charge is 0.224 e. The highest BCUT2D eigenvalue weighted by atomic mass is 16.5. The lowest BCUT2D eigenvalue weighted by atomic mass is 10.1. The van der Waals surface area contributed by atoms with Crippen LogP contribution >= 0.6 is 0 Å². The molecule has 5 nitrogen and oxygen atoms in total. The number of furan rings is 1. The predicted molar refractivity (Wildman–Crippen MR) is 109 cm³/mol.